The average molecular weight is 334 g/mol. The number of nitrogens with two attached hydrogens (primary N) is 1. The van der Waals surface area contributed by atoms with Crippen molar-refractivity contribution in [2.45, 2.75) is 32.4 Å². The van der Waals surface area contributed by atoms with Crippen LogP contribution in [0.2, 0.25) is 0 Å². The van der Waals surface area contributed by atoms with Crippen molar-refractivity contribution >= 4 is 5.97 Å². The monoisotopic (exact) mass is 333 g/mol. The van der Waals surface area contributed by atoms with Gasteiger partial charge in [-0.25, -0.2) is 4.79 Å². The first-order valence-corrected chi connectivity index (χ1v) is 7.87. The van der Waals surface area contributed by atoms with E-state index < -0.39 is 0 Å². The van der Waals surface area contributed by atoms with Crippen LogP contribution in [0.4, 0.5) is 0 Å². The lowest BCUT2D eigenvalue weighted by Crippen LogP contribution is -3.00. The Balaban J connectivity index is 0.00000264. The molecule has 2 aromatic rings. The van der Waals surface area contributed by atoms with Crippen molar-refractivity contribution in [3.05, 3.63) is 71.8 Å². The Morgan fingerprint density at radius 3 is 2.13 bits per heavy atom. The van der Waals surface area contributed by atoms with Crippen LogP contribution < -0.4 is 17.7 Å². The highest BCUT2D eigenvalue weighted by atomic mass is 35.5. The van der Waals surface area contributed by atoms with Crippen molar-refractivity contribution in [3.8, 4) is 0 Å². The van der Waals surface area contributed by atoms with Crippen molar-refractivity contribution in [1.82, 2.24) is 0 Å². The summed E-state index contributed by atoms with van der Waals surface area (Å²) < 4.78 is 5.21. The lowest BCUT2D eigenvalue weighted by atomic mass is 10.0. The van der Waals surface area contributed by atoms with Crippen LogP contribution in [0.15, 0.2) is 60.7 Å². The second-order valence-corrected chi connectivity index (χ2v) is 5.31. The number of benzene rings is 2. The fourth-order valence-corrected chi connectivity index (χ4v) is 2.44. The van der Waals surface area contributed by atoms with Gasteiger partial charge in [0.25, 0.3) is 0 Å². The molecule has 0 aliphatic rings. The standard InChI is InChI=1S/C19H23NO2.ClH/c1-2-22-19(21)18(14-13-16-9-5-3-6-10-16)20-15-17-11-7-4-8-12-17;/h3-12,18,20H,2,13-15H2,1H3;1H. The van der Waals surface area contributed by atoms with E-state index in [1.54, 1.807) is 0 Å². The molecule has 1 unspecified atom stereocenters. The molecule has 23 heavy (non-hydrogen) atoms. The van der Waals surface area contributed by atoms with Gasteiger partial charge in [0.15, 0.2) is 6.04 Å². The molecule has 3 nitrogen and oxygen atoms in total. The van der Waals surface area contributed by atoms with E-state index in [0.717, 1.165) is 19.4 Å². The molecule has 0 amide bonds. The van der Waals surface area contributed by atoms with Crippen molar-refractivity contribution in [2.75, 3.05) is 6.61 Å². The fourth-order valence-electron chi connectivity index (χ4n) is 2.44. The largest absolute Gasteiger partial charge is 1.00 e. The van der Waals surface area contributed by atoms with Gasteiger partial charge in [-0.15, -0.1) is 0 Å². The molecule has 2 N–H and O–H groups in total. The molecule has 2 aromatic carbocycles. The van der Waals surface area contributed by atoms with Crippen molar-refractivity contribution < 1.29 is 27.3 Å². The molecular weight excluding hydrogens is 310 g/mol. The van der Waals surface area contributed by atoms with Gasteiger partial charge in [0.1, 0.15) is 6.54 Å². The summed E-state index contributed by atoms with van der Waals surface area (Å²) in [5.41, 5.74) is 2.47. The van der Waals surface area contributed by atoms with Gasteiger partial charge in [-0.3, -0.25) is 0 Å². The van der Waals surface area contributed by atoms with E-state index in [2.05, 4.69) is 29.6 Å². The summed E-state index contributed by atoms with van der Waals surface area (Å²) in [4.78, 5) is 12.1. The molecule has 0 fully saturated rings. The Labute approximate surface area is 144 Å². The minimum absolute atomic E-state index is 0. The zero-order valence-electron chi connectivity index (χ0n) is 13.5. The maximum Gasteiger partial charge on any atom is 0.364 e. The second-order valence-electron chi connectivity index (χ2n) is 5.31. The third kappa shape index (κ3) is 6.85. The number of halogens is 1. The normalized spacial score (nSPS) is 11.3. The topological polar surface area (TPSA) is 42.9 Å². The highest BCUT2D eigenvalue weighted by molar-refractivity contribution is 5.74. The van der Waals surface area contributed by atoms with E-state index >= 15 is 0 Å². The molecule has 124 valence electrons. The van der Waals surface area contributed by atoms with E-state index in [1.165, 1.54) is 11.1 Å². The van der Waals surface area contributed by atoms with Crippen LogP contribution in [0.3, 0.4) is 0 Å². The van der Waals surface area contributed by atoms with Crippen LogP contribution >= 0.6 is 0 Å². The molecule has 0 heterocycles. The highest BCUT2D eigenvalue weighted by Crippen LogP contribution is 2.05. The molecule has 1 atom stereocenters. The smallest absolute Gasteiger partial charge is 0.364 e. The Hall–Kier alpha value is -1.84. The maximum atomic E-state index is 12.1. The van der Waals surface area contributed by atoms with Crippen LogP contribution in [-0.4, -0.2) is 18.6 Å². The molecule has 0 saturated heterocycles. The van der Waals surface area contributed by atoms with E-state index in [4.69, 9.17) is 4.74 Å². The molecule has 0 aromatic heterocycles. The molecule has 2 rings (SSSR count). The Kier molecular flexibility index (Phi) is 9.03. The summed E-state index contributed by atoms with van der Waals surface area (Å²) >= 11 is 0. The lowest BCUT2D eigenvalue weighted by molar-refractivity contribution is -0.694. The first kappa shape index (κ1) is 19.2. The van der Waals surface area contributed by atoms with Crippen LogP contribution in [0.5, 0.6) is 0 Å². The number of quaternary nitrogens is 1. The molecular formula is C19H24ClNO2. The van der Waals surface area contributed by atoms with E-state index in [1.807, 2.05) is 43.3 Å². The van der Waals surface area contributed by atoms with Gasteiger partial charge >= 0.3 is 5.97 Å². The Morgan fingerprint density at radius 2 is 1.57 bits per heavy atom. The summed E-state index contributed by atoms with van der Waals surface area (Å²) in [6.45, 7) is 3.07. The van der Waals surface area contributed by atoms with Gasteiger partial charge in [-0.2, -0.15) is 0 Å². The van der Waals surface area contributed by atoms with E-state index in [9.17, 15) is 4.79 Å². The number of hydrogen-bond acceptors (Lipinski definition) is 2. The number of aryl methyl sites for hydroxylation is 1. The van der Waals surface area contributed by atoms with Gasteiger partial charge in [-0.1, -0.05) is 60.7 Å². The van der Waals surface area contributed by atoms with Gasteiger partial charge in [0.2, 0.25) is 0 Å². The first-order chi connectivity index (χ1) is 10.8. The molecule has 0 radical (unpaired) electrons. The van der Waals surface area contributed by atoms with Gasteiger partial charge in [0, 0.05) is 12.0 Å². The van der Waals surface area contributed by atoms with Crippen LogP contribution in [0.1, 0.15) is 24.5 Å². The highest BCUT2D eigenvalue weighted by Gasteiger charge is 2.22. The predicted octanol–water partition coefficient (Wildman–Crippen LogP) is -0.681. The number of carbonyl (C=O) groups is 1. The van der Waals surface area contributed by atoms with Crippen molar-refractivity contribution in [2.24, 2.45) is 0 Å². The average Bonchev–Trinajstić information content (AvgIpc) is 2.57. The molecule has 0 aliphatic heterocycles. The summed E-state index contributed by atoms with van der Waals surface area (Å²) in [7, 11) is 0. The summed E-state index contributed by atoms with van der Waals surface area (Å²) in [6, 6.07) is 20.3. The lowest BCUT2D eigenvalue weighted by Gasteiger charge is -2.14. The van der Waals surface area contributed by atoms with Crippen molar-refractivity contribution in [1.29, 1.82) is 0 Å². The SMILES string of the molecule is CCOC(=O)C(CCc1ccccc1)[NH2+]Cc1ccccc1.[Cl-]. The van der Waals surface area contributed by atoms with Crippen molar-refractivity contribution in [3.63, 3.8) is 0 Å². The van der Waals surface area contributed by atoms with Gasteiger partial charge in [-0.05, 0) is 18.9 Å². The number of ether oxygens (including phenoxy) is 1. The molecule has 0 spiro atoms. The third-order valence-electron chi connectivity index (χ3n) is 3.66. The fraction of sp³-hybridized carbons (Fsp3) is 0.316. The quantitative estimate of drug-likeness (QED) is 0.650. The number of carbonyl (C=O) groups excluding carboxylic acids is 1. The molecule has 4 heteroatoms. The number of esters is 1. The zero-order valence-corrected chi connectivity index (χ0v) is 14.2. The summed E-state index contributed by atoms with van der Waals surface area (Å²) in [6.07, 6.45) is 1.67. The predicted molar refractivity (Wildman–Crippen MR) is 87.3 cm³/mol. The summed E-state index contributed by atoms with van der Waals surface area (Å²) in [5.74, 6) is -0.116. The molecule has 0 bridgehead atoms. The van der Waals surface area contributed by atoms with Crippen LogP contribution in [-0.2, 0) is 22.5 Å². The third-order valence-corrected chi connectivity index (χ3v) is 3.66. The minimum atomic E-state index is -0.152. The summed E-state index contributed by atoms with van der Waals surface area (Å²) in [5, 5.41) is 2.08. The Morgan fingerprint density at radius 1 is 1.00 bits per heavy atom. The molecule has 0 aliphatic carbocycles. The first-order valence-electron chi connectivity index (χ1n) is 7.87. The van der Waals surface area contributed by atoms with Gasteiger partial charge in [0.05, 0.1) is 6.61 Å². The van der Waals surface area contributed by atoms with E-state index in [-0.39, 0.29) is 24.4 Å². The zero-order chi connectivity index (χ0) is 15.6. The second kappa shape index (κ2) is 10.8. The Bertz CT molecular complexity index is 517. The van der Waals surface area contributed by atoms with Crippen LogP contribution in [0.25, 0.3) is 0 Å². The number of hydrogen-bond donors (Lipinski definition) is 1. The molecule has 0 saturated carbocycles. The minimum Gasteiger partial charge on any atom is -1.00 e. The van der Waals surface area contributed by atoms with Gasteiger partial charge < -0.3 is 22.5 Å². The number of rotatable bonds is 8. The maximum absolute atomic E-state index is 12.1. The van der Waals surface area contributed by atoms with E-state index in [0.29, 0.717) is 6.61 Å². The van der Waals surface area contributed by atoms with Crippen LogP contribution in [0, 0.1) is 0 Å².